The molecule has 33 heavy (non-hydrogen) atoms. The van der Waals surface area contributed by atoms with Crippen LogP contribution >= 0.6 is 0 Å². The normalized spacial score (nSPS) is 11.8. The number of aromatic nitrogens is 1. The van der Waals surface area contributed by atoms with E-state index in [0.717, 1.165) is 12.1 Å². The zero-order chi connectivity index (χ0) is 24.6. The average Bonchev–Trinajstić information content (AvgIpc) is 2.71. The molecule has 3 aromatic rings. The maximum Gasteiger partial charge on any atom is 0.339 e. The fourth-order valence-electron chi connectivity index (χ4n) is 2.96. The van der Waals surface area contributed by atoms with Crippen LogP contribution in [0.2, 0.25) is 0 Å². The fourth-order valence-corrected chi connectivity index (χ4v) is 3.92. The molecule has 0 saturated carbocycles. The summed E-state index contributed by atoms with van der Waals surface area (Å²) in [7, 11) is -8.73. The molecular formula is C20H19N3O8S2. The highest BCUT2D eigenvalue weighted by molar-refractivity contribution is 7.86. The van der Waals surface area contributed by atoms with E-state index in [-0.39, 0.29) is 27.0 Å². The van der Waals surface area contributed by atoms with Crippen LogP contribution in [0.3, 0.4) is 0 Å². The van der Waals surface area contributed by atoms with E-state index in [1.54, 1.807) is 13.8 Å². The molecule has 0 unspecified atom stereocenters. The van der Waals surface area contributed by atoms with Crippen molar-refractivity contribution >= 4 is 49.2 Å². The molecule has 0 aliphatic carbocycles. The summed E-state index contributed by atoms with van der Waals surface area (Å²) in [4.78, 5) is 15.6. The Kier molecular flexibility index (Phi) is 6.42. The van der Waals surface area contributed by atoms with Gasteiger partial charge in [0, 0.05) is 11.4 Å². The van der Waals surface area contributed by atoms with Crippen molar-refractivity contribution in [3.63, 3.8) is 0 Å². The summed E-state index contributed by atoms with van der Waals surface area (Å²) >= 11 is 0. The Morgan fingerprint density at radius 2 is 1.12 bits per heavy atom. The molecule has 0 saturated heterocycles. The number of hydrogen-bond acceptors (Lipinski definition) is 8. The summed E-state index contributed by atoms with van der Waals surface area (Å²) < 4.78 is 63.0. The number of carbonyl (C=O) groups is 1. The van der Waals surface area contributed by atoms with Gasteiger partial charge in [-0.25, -0.2) is 9.78 Å². The second kappa shape index (κ2) is 8.78. The Balaban J connectivity index is 2.00. The number of carboxylic acids is 1. The van der Waals surface area contributed by atoms with E-state index in [9.17, 15) is 26.7 Å². The van der Waals surface area contributed by atoms with Gasteiger partial charge in [0.05, 0.1) is 9.79 Å². The molecule has 0 amide bonds. The number of carboxylic acid groups (broad SMARTS) is 1. The first-order valence-electron chi connectivity index (χ1n) is 9.21. The summed E-state index contributed by atoms with van der Waals surface area (Å²) in [6.45, 7) is 3.26. The van der Waals surface area contributed by atoms with E-state index in [0.29, 0.717) is 22.5 Å². The predicted molar refractivity (Wildman–Crippen MR) is 120 cm³/mol. The van der Waals surface area contributed by atoms with Crippen molar-refractivity contribution in [3.8, 4) is 0 Å². The molecule has 13 heteroatoms. The summed E-state index contributed by atoms with van der Waals surface area (Å²) in [5.41, 5.74) is 1.59. The van der Waals surface area contributed by atoms with Gasteiger partial charge in [0.2, 0.25) is 0 Å². The Hall–Kier alpha value is -3.52. The number of benzene rings is 2. The summed E-state index contributed by atoms with van der Waals surface area (Å²) in [6, 6.07) is 10.2. The van der Waals surface area contributed by atoms with Crippen molar-refractivity contribution in [2.45, 2.75) is 23.6 Å². The van der Waals surface area contributed by atoms with Gasteiger partial charge < -0.3 is 15.7 Å². The zero-order valence-electron chi connectivity index (χ0n) is 17.3. The minimum Gasteiger partial charge on any atom is -0.478 e. The standard InChI is InChI=1S/C20H19N3O8S2/c1-11-12(2)18(21-13-3-7-15(8-4-13)32(26,27)28)23-19(17(11)20(24)25)22-14-5-9-16(10-6-14)33(29,30)31/h3-10H,1-2H3,(H,24,25)(H2,21,22,23)(H,26,27,28)(H,29,30,31). The molecule has 0 aliphatic rings. The van der Waals surface area contributed by atoms with E-state index in [4.69, 9.17) is 9.11 Å². The van der Waals surface area contributed by atoms with Crippen molar-refractivity contribution in [1.29, 1.82) is 0 Å². The Morgan fingerprint density at radius 1 is 0.727 bits per heavy atom. The van der Waals surface area contributed by atoms with Gasteiger partial charge in [0.25, 0.3) is 20.2 Å². The molecule has 0 spiro atoms. The van der Waals surface area contributed by atoms with Crippen LogP contribution in [0.1, 0.15) is 21.5 Å². The predicted octanol–water partition coefficient (Wildman–Crippen LogP) is 3.38. The SMILES string of the molecule is Cc1c(Nc2ccc(S(=O)(=O)O)cc2)nc(Nc2ccc(S(=O)(=O)O)cc2)c(C(=O)O)c1C. The summed E-state index contributed by atoms with van der Waals surface area (Å²) in [5.74, 6) is -0.972. The van der Waals surface area contributed by atoms with E-state index in [2.05, 4.69) is 15.6 Å². The first kappa shape index (κ1) is 24.1. The van der Waals surface area contributed by atoms with Gasteiger partial charge in [-0.15, -0.1) is 0 Å². The second-order valence-electron chi connectivity index (χ2n) is 6.99. The minimum atomic E-state index is -4.38. The Bertz CT molecular complexity index is 1430. The van der Waals surface area contributed by atoms with Gasteiger partial charge in [0.1, 0.15) is 17.2 Å². The third-order valence-corrected chi connectivity index (χ3v) is 6.53. The smallest absolute Gasteiger partial charge is 0.339 e. The molecule has 1 aromatic heterocycles. The first-order valence-corrected chi connectivity index (χ1v) is 12.1. The number of hydrogen-bond donors (Lipinski definition) is 5. The van der Waals surface area contributed by atoms with Crippen LogP contribution in [-0.2, 0) is 20.2 Å². The lowest BCUT2D eigenvalue weighted by Gasteiger charge is -2.17. The van der Waals surface area contributed by atoms with Gasteiger partial charge in [-0.05, 0) is 73.5 Å². The Morgan fingerprint density at radius 3 is 1.48 bits per heavy atom. The van der Waals surface area contributed by atoms with Crippen LogP contribution in [-0.4, -0.2) is 42.0 Å². The van der Waals surface area contributed by atoms with E-state index in [1.165, 1.54) is 36.4 Å². The van der Waals surface area contributed by atoms with Crippen molar-refractivity contribution in [2.24, 2.45) is 0 Å². The number of pyridine rings is 1. The summed E-state index contributed by atoms with van der Waals surface area (Å²) in [5, 5.41) is 15.5. The maximum atomic E-state index is 11.9. The van der Waals surface area contributed by atoms with Crippen LogP contribution in [0.4, 0.5) is 23.0 Å². The molecule has 0 bridgehead atoms. The number of nitrogens with one attached hydrogen (secondary N) is 2. The fraction of sp³-hybridized carbons (Fsp3) is 0.100. The van der Waals surface area contributed by atoms with Gasteiger partial charge in [-0.3, -0.25) is 9.11 Å². The van der Waals surface area contributed by atoms with Gasteiger partial charge in [0.15, 0.2) is 0 Å². The quantitative estimate of drug-likeness (QED) is 0.304. The first-order chi connectivity index (χ1) is 15.3. The van der Waals surface area contributed by atoms with Crippen molar-refractivity contribution in [3.05, 3.63) is 65.2 Å². The molecule has 0 radical (unpaired) electrons. The van der Waals surface area contributed by atoms with Crippen molar-refractivity contribution in [1.82, 2.24) is 4.98 Å². The molecule has 1 heterocycles. The lowest BCUT2D eigenvalue weighted by atomic mass is 10.0. The van der Waals surface area contributed by atoms with Crippen LogP contribution in [0.5, 0.6) is 0 Å². The third-order valence-electron chi connectivity index (χ3n) is 4.80. The monoisotopic (exact) mass is 493 g/mol. The third kappa shape index (κ3) is 5.46. The van der Waals surface area contributed by atoms with E-state index < -0.39 is 26.2 Å². The van der Waals surface area contributed by atoms with Gasteiger partial charge in [-0.2, -0.15) is 16.8 Å². The van der Waals surface area contributed by atoms with Crippen molar-refractivity contribution in [2.75, 3.05) is 10.6 Å². The lowest BCUT2D eigenvalue weighted by molar-refractivity contribution is 0.0696. The average molecular weight is 494 g/mol. The maximum absolute atomic E-state index is 11.9. The van der Waals surface area contributed by atoms with Crippen LogP contribution in [0.25, 0.3) is 0 Å². The molecular weight excluding hydrogens is 474 g/mol. The molecule has 3 rings (SSSR count). The minimum absolute atomic E-state index is 0.0257. The molecule has 0 aliphatic heterocycles. The zero-order valence-corrected chi connectivity index (χ0v) is 18.9. The molecule has 5 N–H and O–H groups in total. The number of anilines is 4. The molecule has 174 valence electrons. The molecule has 0 fully saturated rings. The van der Waals surface area contributed by atoms with Crippen LogP contribution in [0, 0.1) is 13.8 Å². The van der Waals surface area contributed by atoms with Gasteiger partial charge >= 0.3 is 5.97 Å². The van der Waals surface area contributed by atoms with E-state index >= 15 is 0 Å². The highest BCUT2D eigenvalue weighted by Crippen LogP contribution is 2.31. The molecule has 2 aromatic carbocycles. The number of aromatic carboxylic acids is 1. The highest BCUT2D eigenvalue weighted by Gasteiger charge is 2.21. The largest absolute Gasteiger partial charge is 0.478 e. The highest BCUT2D eigenvalue weighted by atomic mass is 32.2. The topological polar surface area (TPSA) is 183 Å². The molecule has 0 atom stereocenters. The lowest BCUT2D eigenvalue weighted by Crippen LogP contribution is -2.11. The number of rotatable bonds is 7. The second-order valence-corrected chi connectivity index (χ2v) is 9.83. The summed E-state index contributed by atoms with van der Waals surface area (Å²) in [6.07, 6.45) is 0. The van der Waals surface area contributed by atoms with E-state index in [1.807, 2.05) is 0 Å². The van der Waals surface area contributed by atoms with Crippen LogP contribution < -0.4 is 10.6 Å². The number of nitrogens with zero attached hydrogens (tertiary/aromatic N) is 1. The van der Waals surface area contributed by atoms with Crippen molar-refractivity contribution < 1.29 is 35.8 Å². The van der Waals surface area contributed by atoms with Gasteiger partial charge in [-0.1, -0.05) is 0 Å². The van der Waals surface area contributed by atoms with Crippen LogP contribution in [0.15, 0.2) is 58.3 Å². The Labute approximate surface area is 189 Å². The molecule has 11 nitrogen and oxygen atoms in total.